The maximum absolute atomic E-state index is 13.4. The molecule has 4 aromatic rings. The summed E-state index contributed by atoms with van der Waals surface area (Å²) in [6.07, 6.45) is 2.35. The normalized spacial score (nSPS) is 23.7. The summed E-state index contributed by atoms with van der Waals surface area (Å²) in [4.78, 5) is 12.2. The third kappa shape index (κ3) is 5.52. The molecule has 1 N–H and O–H groups in total. The fraction of sp³-hybridized carbons (Fsp3) is 0.441. The lowest BCUT2D eigenvalue weighted by Gasteiger charge is -2.37. The maximum atomic E-state index is 13.4. The van der Waals surface area contributed by atoms with Crippen LogP contribution in [0.1, 0.15) is 77.9 Å². The molecule has 0 amide bonds. The van der Waals surface area contributed by atoms with E-state index < -0.39 is 28.2 Å². The van der Waals surface area contributed by atoms with Crippen LogP contribution >= 0.6 is 0 Å². The molecule has 1 saturated heterocycles. The molecule has 1 spiro atoms. The molecule has 1 aromatic heterocycles. The van der Waals surface area contributed by atoms with E-state index in [9.17, 15) is 18.3 Å². The molecule has 11 nitrogen and oxygen atoms in total. The molecule has 9 bridgehead atoms. The zero-order valence-electron chi connectivity index (χ0n) is 26.2. The van der Waals surface area contributed by atoms with Crippen molar-refractivity contribution in [3.8, 4) is 11.5 Å². The number of fused-ring (bicyclic) bond motifs is 3. The second-order valence-corrected chi connectivity index (χ2v) is 14.4. The van der Waals surface area contributed by atoms with Crippen molar-refractivity contribution < 1.29 is 32.0 Å². The standard InChI is InChI=1S/C34H38N4O7S/c1-21-4-5-24-17-28(21)23(3)38-19-25-16-26(6-9-31(25)45-46(38,41)42)44-15-12-34(10-13-43-14-11-34)20-37-30-8-7-27(29(24)18-32(39)40)22(2)33(30)35-36-37/h4-9,16-17,23,29H,10-15,18-20H2,1-3H3,(H,39,40)/t23-,29?/m1/s1. The number of benzene rings is 3. The van der Waals surface area contributed by atoms with E-state index in [1.165, 1.54) is 4.31 Å². The van der Waals surface area contributed by atoms with Crippen LogP contribution in [0.2, 0.25) is 0 Å². The van der Waals surface area contributed by atoms with E-state index in [1.54, 1.807) is 12.1 Å². The first kappa shape index (κ1) is 30.6. The Bertz CT molecular complexity index is 1930. The van der Waals surface area contributed by atoms with E-state index in [-0.39, 0.29) is 18.4 Å². The van der Waals surface area contributed by atoms with Gasteiger partial charge in [-0.1, -0.05) is 29.5 Å². The number of aryl methyl sites for hydroxylation is 2. The molecule has 2 unspecified atom stereocenters. The zero-order valence-corrected chi connectivity index (χ0v) is 27.0. The molecule has 3 atom stereocenters. The average Bonchev–Trinajstić information content (AvgIpc) is 3.42. The highest BCUT2D eigenvalue weighted by Gasteiger charge is 2.38. The quantitative estimate of drug-likeness (QED) is 0.303. The number of carboxylic acids is 1. The van der Waals surface area contributed by atoms with Crippen LogP contribution in [-0.4, -0.2) is 58.6 Å². The van der Waals surface area contributed by atoms with Crippen molar-refractivity contribution in [2.24, 2.45) is 5.41 Å². The van der Waals surface area contributed by atoms with Crippen molar-refractivity contribution >= 4 is 27.3 Å². The minimum absolute atomic E-state index is 0.113. The molecule has 0 saturated carbocycles. The van der Waals surface area contributed by atoms with Gasteiger partial charge >= 0.3 is 16.3 Å². The predicted octanol–water partition coefficient (Wildman–Crippen LogP) is 5.43. The predicted molar refractivity (Wildman–Crippen MR) is 170 cm³/mol. The van der Waals surface area contributed by atoms with Crippen LogP contribution in [0.4, 0.5) is 0 Å². The van der Waals surface area contributed by atoms with Gasteiger partial charge < -0.3 is 18.8 Å². The zero-order chi connectivity index (χ0) is 32.2. The Hall–Kier alpha value is -4.00. The number of carboxylic acid groups (broad SMARTS) is 1. The Morgan fingerprint density at radius 3 is 2.59 bits per heavy atom. The van der Waals surface area contributed by atoms with Crippen molar-refractivity contribution in [3.05, 3.63) is 81.9 Å². The SMILES string of the molecule is Cc1ccc2cc1[C@@H](C)N1Cc3cc(ccc3OS1(=O)=O)OCCC1(CCOCC1)Cn1nnc3c(C)c(ccc31)C2CC(=O)O. The molecule has 0 radical (unpaired) electrons. The van der Waals surface area contributed by atoms with Gasteiger partial charge in [0.05, 0.1) is 24.6 Å². The van der Waals surface area contributed by atoms with Gasteiger partial charge in [0.25, 0.3) is 0 Å². The highest BCUT2D eigenvalue weighted by Crippen LogP contribution is 2.41. The molecule has 242 valence electrons. The summed E-state index contributed by atoms with van der Waals surface area (Å²) in [5.74, 6) is -0.476. The monoisotopic (exact) mass is 646 g/mol. The first-order valence-corrected chi connectivity index (χ1v) is 17.1. The molecule has 8 rings (SSSR count). The number of aliphatic carboxylic acids is 1. The van der Waals surface area contributed by atoms with Gasteiger partial charge in [-0.05, 0) is 97.5 Å². The summed E-state index contributed by atoms with van der Waals surface area (Å²) in [6, 6.07) is 14.4. The Morgan fingerprint density at radius 1 is 1.02 bits per heavy atom. The average molecular weight is 647 g/mol. The molecular formula is C34H38N4O7S. The van der Waals surface area contributed by atoms with E-state index in [0.717, 1.165) is 58.1 Å². The van der Waals surface area contributed by atoms with Crippen molar-refractivity contribution in [3.63, 3.8) is 0 Å². The second-order valence-electron chi connectivity index (χ2n) is 12.9. The molecule has 46 heavy (non-hydrogen) atoms. The number of carbonyl (C=O) groups is 1. The highest BCUT2D eigenvalue weighted by molar-refractivity contribution is 7.84. The van der Waals surface area contributed by atoms with Crippen LogP contribution in [0.3, 0.4) is 0 Å². The Balaban J connectivity index is 1.39. The smallest absolute Gasteiger partial charge is 0.386 e. The van der Waals surface area contributed by atoms with Gasteiger partial charge in [0.1, 0.15) is 17.0 Å². The lowest BCUT2D eigenvalue weighted by molar-refractivity contribution is -0.137. The molecule has 3 aromatic carbocycles. The summed E-state index contributed by atoms with van der Waals surface area (Å²) in [5.41, 5.74) is 6.42. The van der Waals surface area contributed by atoms with Crippen LogP contribution in [-0.2, 0) is 32.9 Å². The van der Waals surface area contributed by atoms with E-state index in [1.807, 2.05) is 61.9 Å². The first-order chi connectivity index (χ1) is 22.0. The minimum Gasteiger partial charge on any atom is -0.494 e. The molecule has 1 fully saturated rings. The van der Waals surface area contributed by atoms with Crippen LogP contribution in [0.15, 0.2) is 48.5 Å². The number of rotatable bonds is 2. The fourth-order valence-electron chi connectivity index (χ4n) is 7.32. The summed E-state index contributed by atoms with van der Waals surface area (Å²) >= 11 is 0. The van der Waals surface area contributed by atoms with E-state index in [4.69, 9.17) is 13.7 Å². The number of hydrogen-bond donors (Lipinski definition) is 1. The van der Waals surface area contributed by atoms with Gasteiger partial charge in [-0.25, -0.2) is 4.68 Å². The van der Waals surface area contributed by atoms with E-state index >= 15 is 0 Å². The van der Waals surface area contributed by atoms with Gasteiger partial charge in [-0.3, -0.25) is 4.79 Å². The van der Waals surface area contributed by atoms with Gasteiger partial charge in [-0.15, -0.1) is 5.10 Å². The second kappa shape index (κ2) is 11.7. The van der Waals surface area contributed by atoms with Crippen LogP contribution in [0.25, 0.3) is 11.0 Å². The Labute approximate surface area is 268 Å². The Kier molecular flexibility index (Phi) is 7.77. The Morgan fingerprint density at radius 2 is 1.80 bits per heavy atom. The van der Waals surface area contributed by atoms with Gasteiger partial charge in [0.15, 0.2) is 0 Å². The van der Waals surface area contributed by atoms with Crippen molar-refractivity contribution in [2.75, 3.05) is 19.8 Å². The maximum Gasteiger partial charge on any atom is 0.386 e. The topological polar surface area (TPSA) is 133 Å². The third-order valence-electron chi connectivity index (χ3n) is 10.1. The van der Waals surface area contributed by atoms with Crippen LogP contribution in [0, 0.1) is 19.3 Å². The minimum atomic E-state index is -4.11. The lowest BCUT2D eigenvalue weighted by Crippen LogP contribution is -2.39. The van der Waals surface area contributed by atoms with Crippen molar-refractivity contribution in [1.29, 1.82) is 0 Å². The van der Waals surface area contributed by atoms with Crippen molar-refractivity contribution in [2.45, 2.75) is 71.5 Å². The van der Waals surface area contributed by atoms with E-state index in [2.05, 4.69) is 10.3 Å². The molecule has 5 heterocycles. The lowest BCUT2D eigenvalue weighted by atomic mass is 9.77. The van der Waals surface area contributed by atoms with Gasteiger partial charge in [0, 0.05) is 37.8 Å². The molecule has 4 aliphatic heterocycles. The number of hydrogen-bond acceptors (Lipinski definition) is 8. The van der Waals surface area contributed by atoms with Gasteiger partial charge in [0.2, 0.25) is 0 Å². The van der Waals surface area contributed by atoms with Gasteiger partial charge in [-0.2, -0.15) is 12.7 Å². The largest absolute Gasteiger partial charge is 0.494 e. The first-order valence-electron chi connectivity index (χ1n) is 15.7. The summed E-state index contributed by atoms with van der Waals surface area (Å²) in [7, 11) is -4.11. The molecule has 0 aliphatic carbocycles. The number of ether oxygens (including phenoxy) is 2. The highest BCUT2D eigenvalue weighted by atomic mass is 32.2. The fourth-order valence-corrected chi connectivity index (χ4v) is 8.61. The summed E-state index contributed by atoms with van der Waals surface area (Å²) < 4.78 is 47.8. The summed E-state index contributed by atoms with van der Waals surface area (Å²) in [6.45, 7) is 8.28. The van der Waals surface area contributed by atoms with Crippen LogP contribution < -0.4 is 8.92 Å². The molecule has 4 aliphatic rings. The van der Waals surface area contributed by atoms with Crippen LogP contribution in [0.5, 0.6) is 11.5 Å². The number of aromatic nitrogens is 3. The van der Waals surface area contributed by atoms with E-state index in [0.29, 0.717) is 43.4 Å². The third-order valence-corrected chi connectivity index (χ3v) is 11.5. The number of nitrogens with zero attached hydrogens (tertiary/aromatic N) is 4. The molecule has 12 heteroatoms. The summed E-state index contributed by atoms with van der Waals surface area (Å²) in [5, 5.41) is 19.2. The van der Waals surface area contributed by atoms with Crippen molar-refractivity contribution in [1.82, 2.24) is 19.3 Å². The molecular weight excluding hydrogens is 608 g/mol.